The molecular weight excluding hydrogens is 368 g/mol. The molecule has 2 fully saturated rings. The molecular formula is C17H20N6O3S. The van der Waals surface area contributed by atoms with E-state index in [0.29, 0.717) is 22.8 Å². The topological polar surface area (TPSA) is 116 Å². The molecule has 0 saturated heterocycles. The molecule has 2 aliphatic rings. The Morgan fingerprint density at radius 1 is 1.41 bits per heavy atom. The lowest BCUT2D eigenvalue weighted by Crippen LogP contribution is -2.19. The highest BCUT2D eigenvalue weighted by Gasteiger charge is 2.42. The van der Waals surface area contributed by atoms with Gasteiger partial charge in [0.25, 0.3) is 5.69 Å². The van der Waals surface area contributed by atoms with E-state index in [-0.39, 0.29) is 17.3 Å². The lowest BCUT2D eigenvalue weighted by molar-refractivity contribution is -0.384. The number of non-ortho nitro benzene ring substituents is 1. The maximum Gasteiger partial charge on any atom is 0.271 e. The average molecular weight is 388 g/mol. The van der Waals surface area contributed by atoms with Crippen molar-refractivity contribution in [3.63, 3.8) is 0 Å². The van der Waals surface area contributed by atoms with Crippen LogP contribution in [0, 0.1) is 28.9 Å². The van der Waals surface area contributed by atoms with Gasteiger partial charge in [0, 0.05) is 12.1 Å². The number of benzene rings is 1. The van der Waals surface area contributed by atoms with Gasteiger partial charge in [-0.25, -0.2) is 4.68 Å². The Kier molecular flexibility index (Phi) is 4.81. The quantitative estimate of drug-likeness (QED) is 0.459. The molecule has 1 aromatic heterocycles. The van der Waals surface area contributed by atoms with E-state index in [1.807, 2.05) is 4.68 Å². The van der Waals surface area contributed by atoms with Crippen molar-refractivity contribution >= 4 is 29.0 Å². The number of nitrogens with zero attached hydrogens (tertiary/aromatic N) is 5. The van der Waals surface area contributed by atoms with Crippen molar-refractivity contribution in [1.82, 2.24) is 20.2 Å². The van der Waals surface area contributed by atoms with Crippen molar-refractivity contribution in [3.05, 3.63) is 33.9 Å². The Morgan fingerprint density at radius 3 is 2.96 bits per heavy atom. The highest BCUT2D eigenvalue weighted by Crippen LogP contribution is 2.50. The first kappa shape index (κ1) is 17.9. The minimum atomic E-state index is -0.479. The van der Waals surface area contributed by atoms with Crippen LogP contribution in [0.25, 0.3) is 0 Å². The van der Waals surface area contributed by atoms with E-state index in [4.69, 9.17) is 0 Å². The highest BCUT2D eigenvalue weighted by atomic mass is 32.2. The highest BCUT2D eigenvalue weighted by molar-refractivity contribution is 7.99. The van der Waals surface area contributed by atoms with Gasteiger partial charge < -0.3 is 5.32 Å². The maximum absolute atomic E-state index is 12.3. The van der Waals surface area contributed by atoms with Crippen molar-refractivity contribution in [2.75, 3.05) is 11.1 Å². The van der Waals surface area contributed by atoms with Crippen LogP contribution in [0.2, 0.25) is 0 Å². The zero-order chi connectivity index (χ0) is 19.0. The average Bonchev–Trinajstić information content (AvgIpc) is 3.37. The monoisotopic (exact) mass is 388 g/mol. The fourth-order valence-electron chi connectivity index (χ4n) is 4.17. The molecule has 2 saturated carbocycles. The molecule has 2 aromatic rings. The van der Waals surface area contributed by atoms with Crippen LogP contribution >= 0.6 is 11.8 Å². The number of anilines is 1. The summed E-state index contributed by atoms with van der Waals surface area (Å²) in [6, 6.07) is 4.75. The van der Waals surface area contributed by atoms with Gasteiger partial charge in [-0.1, -0.05) is 24.2 Å². The Balaban J connectivity index is 1.39. The predicted octanol–water partition coefficient (Wildman–Crippen LogP) is 2.98. The van der Waals surface area contributed by atoms with Crippen molar-refractivity contribution in [2.24, 2.45) is 11.8 Å². The predicted molar refractivity (Wildman–Crippen MR) is 99.5 cm³/mol. The number of hydrogen-bond acceptors (Lipinski definition) is 7. The van der Waals surface area contributed by atoms with E-state index < -0.39 is 4.92 Å². The number of nitro groups is 1. The van der Waals surface area contributed by atoms with Crippen LogP contribution in [0.4, 0.5) is 11.4 Å². The number of rotatable bonds is 6. The number of nitrogens with one attached hydrogen (secondary N) is 1. The first-order valence-corrected chi connectivity index (χ1v) is 9.95. The molecule has 9 nitrogen and oxygen atoms in total. The molecule has 2 aliphatic carbocycles. The van der Waals surface area contributed by atoms with Crippen molar-refractivity contribution in [2.45, 2.75) is 43.8 Å². The van der Waals surface area contributed by atoms with Crippen molar-refractivity contribution < 1.29 is 9.72 Å². The summed E-state index contributed by atoms with van der Waals surface area (Å²) in [6.45, 7) is 1.79. The standard InChI is InChI=1S/C17H20N6O3S/c1-10-2-5-13(23(25)26)8-14(10)18-16(24)9-27-17-19-20-21-22(17)15-7-11-3-4-12(15)6-11/h2,5,8,11-12,15H,3-4,6-7,9H2,1H3,(H,18,24). The number of carbonyl (C=O) groups is 1. The molecule has 0 spiro atoms. The minimum Gasteiger partial charge on any atom is -0.325 e. The number of amides is 1. The Hall–Kier alpha value is -2.49. The molecule has 10 heteroatoms. The largest absolute Gasteiger partial charge is 0.325 e. The summed E-state index contributed by atoms with van der Waals surface area (Å²) in [5.74, 6) is 1.32. The molecule has 3 atom stereocenters. The number of aryl methyl sites for hydroxylation is 1. The molecule has 0 aliphatic heterocycles. The fraction of sp³-hybridized carbons (Fsp3) is 0.529. The minimum absolute atomic E-state index is 0.0521. The van der Waals surface area contributed by atoms with Gasteiger partial charge in [-0.2, -0.15) is 0 Å². The van der Waals surface area contributed by atoms with Gasteiger partial charge in [0.15, 0.2) is 0 Å². The van der Waals surface area contributed by atoms with Gasteiger partial charge in [0.1, 0.15) is 0 Å². The maximum atomic E-state index is 12.3. The molecule has 4 rings (SSSR count). The Morgan fingerprint density at radius 2 is 2.26 bits per heavy atom. The third kappa shape index (κ3) is 3.66. The molecule has 0 radical (unpaired) electrons. The molecule has 3 unspecified atom stereocenters. The Labute approximate surface area is 160 Å². The van der Waals surface area contributed by atoms with Crippen molar-refractivity contribution in [1.29, 1.82) is 0 Å². The first-order chi connectivity index (χ1) is 13.0. The van der Waals surface area contributed by atoms with Crippen LogP contribution in [0.15, 0.2) is 23.4 Å². The number of nitro benzene ring substituents is 1. The van der Waals surface area contributed by atoms with Crippen LogP contribution < -0.4 is 5.32 Å². The zero-order valence-electron chi connectivity index (χ0n) is 14.9. The van der Waals surface area contributed by atoms with E-state index in [2.05, 4.69) is 20.8 Å². The second-order valence-electron chi connectivity index (χ2n) is 7.24. The van der Waals surface area contributed by atoms with Crippen LogP contribution in [-0.2, 0) is 4.79 Å². The van der Waals surface area contributed by atoms with Crippen LogP contribution in [-0.4, -0.2) is 36.8 Å². The molecule has 2 bridgehead atoms. The second-order valence-corrected chi connectivity index (χ2v) is 8.18. The number of thioether (sulfide) groups is 1. The number of hydrogen-bond donors (Lipinski definition) is 1. The third-order valence-electron chi connectivity index (χ3n) is 5.52. The lowest BCUT2D eigenvalue weighted by atomic mass is 9.96. The molecule has 1 aromatic carbocycles. The van der Waals surface area contributed by atoms with Crippen LogP contribution in [0.3, 0.4) is 0 Å². The first-order valence-electron chi connectivity index (χ1n) is 8.97. The van der Waals surface area contributed by atoms with Gasteiger partial charge >= 0.3 is 0 Å². The van der Waals surface area contributed by atoms with E-state index in [0.717, 1.165) is 17.9 Å². The number of aromatic nitrogens is 4. The fourth-order valence-corrected chi connectivity index (χ4v) is 4.90. The Bertz CT molecular complexity index is 885. The summed E-state index contributed by atoms with van der Waals surface area (Å²) < 4.78 is 1.88. The van der Waals surface area contributed by atoms with E-state index in [1.165, 1.54) is 43.2 Å². The SMILES string of the molecule is Cc1ccc([N+](=O)[O-])cc1NC(=O)CSc1nnnn1C1CC2CCC1C2. The summed E-state index contributed by atoms with van der Waals surface area (Å²) in [5.41, 5.74) is 1.16. The summed E-state index contributed by atoms with van der Waals surface area (Å²) in [7, 11) is 0. The molecule has 1 amide bonds. The smallest absolute Gasteiger partial charge is 0.271 e. The van der Waals surface area contributed by atoms with E-state index in [1.54, 1.807) is 13.0 Å². The third-order valence-corrected chi connectivity index (χ3v) is 6.45. The zero-order valence-corrected chi connectivity index (χ0v) is 15.7. The van der Waals surface area contributed by atoms with Gasteiger partial charge in [-0.05, 0) is 54.0 Å². The number of fused-ring (bicyclic) bond motifs is 2. The second kappa shape index (κ2) is 7.26. The summed E-state index contributed by atoms with van der Waals surface area (Å²) in [5, 5.41) is 26.3. The summed E-state index contributed by atoms with van der Waals surface area (Å²) in [6.07, 6.45) is 4.89. The molecule has 1 N–H and O–H groups in total. The van der Waals surface area contributed by atoms with Gasteiger partial charge in [-0.3, -0.25) is 14.9 Å². The van der Waals surface area contributed by atoms with Gasteiger partial charge in [0.05, 0.1) is 22.4 Å². The summed E-state index contributed by atoms with van der Waals surface area (Å²) in [4.78, 5) is 22.8. The van der Waals surface area contributed by atoms with Gasteiger partial charge in [0.2, 0.25) is 11.1 Å². The van der Waals surface area contributed by atoms with Crippen LogP contribution in [0.1, 0.15) is 37.3 Å². The number of carbonyl (C=O) groups excluding carboxylic acids is 1. The van der Waals surface area contributed by atoms with Crippen LogP contribution in [0.5, 0.6) is 0 Å². The number of tetrazole rings is 1. The lowest BCUT2D eigenvalue weighted by Gasteiger charge is -2.22. The molecule has 1 heterocycles. The molecule has 142 valence electrons. The molecule has 27 heavy (non-hydrogen) atoms. The normalized spacial score (nSPS) is 23.5. The van der Waals surface area contributed by atoms with E-state index in [9.17, 15) is 14.9 Å². The summed E-state index contributed by atoms with van der Waals surface area (Å²) >= 11 is 1.29. The van der Waals surface area contributed by atoms with E-state index >= 15 is 0 Å². The van der Waals surface area contributed by atoms with Gasteiger partial charge in [-0.15, -0.1) is 5.10 Å². The van der Waals surface area contributed by atoms with Crippen molar-refractivity contribution in [3.8, 4) is 0 Å².